The Labute approximate surface area is 161 Å². The van der Waals surface area contributed by atoms with Gasteiger partial charge in [-0.1, -0.05) is 25.3 Å². The van der Waals surface area contributed by atoms with Crippen molar-refractivity contribution in [1.82, 2.24) is 15.2 Å². The molecular formula is C21H31N3O3. The van der Waals surface area contributed by atoms with E-state index in [0.717, 1.165) is 50.9 Å². The van der Waals surface area contributed by atoms with Crippen LogP contribution in [0.15, 0.2) is 24.4 Å². The molecule has 1 N–H and O–H groups in total. The molecule has 27 heavy (non-hydrogen) atoms. The number of hydrogen-bond donors (Lipinski definition) is 1. The number of aromatic nitrogens is 1. The molecule has 1 spiro atoms. The van der Waals surface area contributed by atoms with Crippen LogP contribution in [0.2, 0.25) is 0 Å². The number of pyridine rings is 1. The van der Waals surface area contributed by atoms with Crippen LogP contribution in [-0.4, -0.2) is 53.4 Å². The standard InChI is InChI=1S/C21H31N3O3/c25-20(23-18-14-21(27-16-18)9-3-1-4-10-21)24-12-7-19(8-13-24)26-15-17-6-2-5-11-22-17/h2,5-6,11,18-19H,1,3-4,7-10,12-16H2,(H,23,25)/t18-/m1/s1. The Balaban J connectivity index is 1.18. The highest BCUT2D eigenvalue weighted by atomic mass is 16.5. The van der Waals surface area contributed by atoms with Crippen molar-refractivity contribution in [2.75, 3.05) is 19.7 Å². The highest BCUT2D eigenvalue weighted by Crippen LogP contribution is 2.39. The summed E-state index contributed by atoms with van der Waals surface area (Å²) in [6.07, 6.45) is 10.9. The molecule has 1 aromatic heterocycles. The van der Waals surface area contributed by atoms with Crippen molar-refractivity contribution in [2.45, 2.75) is 75.7 Å². The zero-order valence-electron chi connectivity index (χ0n) is 16.1. The van der Waals surface area contributed by atoms with Crippen LogP contribution < -0.4 is 5.32 Å². The molecule has 0 bridgehead atoms. The predicted molar refractivity (Wildman–Crippen MR) is 102 cm³/mol. The van der Waals surface area contributed by atoms with E-state index in [1.165, 1.54) is 19.3 Å². The van der Waals surface area contributed by atoms with Crippen molar-refractivity contribution in [3.05, 3.63) is 30.1 Å². The number of amides is 2. The van der Waals surface area contributed by atoms with Crippen LogP contribution in [0.3, 0.4) is 0 Å². The third-order valence-corrected chi connectivity index (χ3v) is 6.22. The minimum Gasteiger partial charge on any atom is -0.373 e. The van der Waals surface area contributed by atoms with E-state index in [4.69, 9.17) is 9.47 Å². The third-order valence-electron chi connectivity index (χ3n) is 6.22. The van der Waals surface area contributed by atoms with E-state index in [1.54, 1.807) is 6.20 Å². The monoisotopic (exact) mass is 373 g/mol. The average molecular weight is 373 g/mol. The summed E-state index contributed by atoms with van der Waals surface area (Å²) in [6, 6.07) is 6.08. The molecule has 0 unspecified atom stereocenters. The summed E-state index contributed by atoms with van der Waals surface area (Å²) in [6.45, 7) is 2.70. The largest absolute Gasteiger partial charge is 0.373 e. The molecule has 3 heterocycles. The fourth-order valence-corrected chi connectivity index (χ4v) is 4.66. The fraction of sp³-hybridized carbons (Fsp3) is 0.714. The molecule has 6 heteroatoms. The number of carbonyl (C=O) groups is 1. The molecule has 1 atom stereocenters. The summed E-state index contributed by atoms with van der Waals surface area (Å²) in [4.78, 5) is 18.8. The Morgan fingerprint density at radius 1 is 1.26 bits per heavy atom. The van der Waals surface area contributed by atoms with Crippen molar-refractivity contribution < 1.29 is 14.3 Å². The first kappa shape index (κ1) is 18.7. The van der Waals surface area contributed by atoms with Crippen molar-refractivity contribution >= 4 is 6.03 Å². The number of nitrogens with one attached hydrogen (secondary N) is 1. The lowest BCUT2D eigenvalue weighted by atomic mass is 9.82. The molecule has 2 amide bonds. The molecule has 1 aliphatic carbocycles. The number of likely N-dealkylation sites (tertiary alicyclic amines) is 1. The van der Waals surface area contributed by atoms with Crippen molar-refractivity contribution in [3.8, 4) is 0 Å². The van der Waals surface area contributed by atoms with Crippen LogP contribution >= 0.6 is 0 Å². The van der Waals surface area contributed by atoms with Crippen LogP contribution in [0.25, 0.3) is 0 Å². The number of rotatable bonds is 4. The SMILES string of the molecule is O=C(N[C@H]1COC2(CCCCC2)C1)N1CCC(OCc2ccccn2)CC1. The van der Waals surface area contributed by atoms with Gasteiger partial charge in [0.1, 0.15) is 0 Å². The molecule has 2 aliphatic heterocycles. The van der Waals surface area contributed by atoms with Gasteiger partial charge in [-0.25, -0.2) is 4.79 Å². The predicted octanol–water partition coefficient (Wildman–Crippen LogP) is 3.26. The van der Waals surface area contributed by atoms with Gasteiger partial charge in [-0.05, 0) is 44.2 Å². The Morgan fingerprint density at radius 3 is 2.81 bits per heavy atom. The Kier molecular flexibility index (Phi) is 5.93. The molecule has 1 aromatic rings. The smallest absolute Gasteiger partial charge is 0.317 e. The zero-order chi connectivity index (χ0) is 18.5. The average Bonchev–Trinajstić information content (AvgIpc) is 3.09. The highest BCUT2D eigenvalue weighted by Gasteiger charge is 2.41. The first-order valence-corrected chi connectivity index (χ1v) is 10.4. The molecule has 2 saturated heterocycles. The molecule has 0 radical (unpaired) electrons. The van der Waals surface area contributed by atoms with Gasteiger partial charge in [0.2, 0.25) is 0 Å². The van der Waals surface area contributed by atoms with Crippen LogP contribution in [-0.2, 0) is 16.1 Å². The second-order valence-electron chi connectivity index (χ2n) is 8.22. The summed E-state index contributed by atoms with van der Waals surface area (Å²) in [5.41, 5.74) is 0.998. The van der Waals surface area contributed by atoms with Gasteiger partial charge in [0, 0.05) is 19.3 Å². The quantitative estimate of drug-likeness (QED) is 0.880. The molecule has 0 aromatic carbocycles. The summed E-state index contributed by atoms with van der Waals surface area (Å²) < 4.78 is 12.1. The first-order chi connectivity index (χ1) is 13.2. The van der Waals surface area contributed by atoms with Gasteiger partial charge in [-0.15, -0.1) is 0 Å². The molecular weight excluding hydrogens is 342 g/mol. The number of piperidine rings is 1. The molecule has 3 aliphatic rings. The number of urea groups is 1. The van der Waals surface area contributed by atoms with Gasteiger partial charge >= 0.3 is 6.03 Å². The van der Waals surface area contributed by atoms with Gasteiger partial charge in [0.25, 0.3) is 0 Å². The van der Waals surface area contributed by atoms with Gasteiger partial charge in [-0.2, -0.15) is 0 Å². The lowest BCUT2D eigenvalue weighted by molar-refractivity contribution is -0.0246. The summed E-state index contributed by atoms with van der Waals surface area (Å²) >= 11 is 0. The van der Waals surface area contributed by atoms with Crippen molar-refractivity contribution in [3.63, 3.8) is 0 Å². The number of carbonyl (C=O) groups excluding carboxylic acids is 1. The van der Waals surface area contributed by atoms with Crippen LogP contribution in [0, 0.1) is 0 Å². The summed E-state index contributed by atoms with van der Waals surface area (Å²) in [7, 11) is 0. The van der Waals surface area contributed by atoms with Gasteiger partial charge in [0.05, 0.1) is 36.7 Å². The van der Waals surface area contributed by atoms with Crippen molar-refractivity contribution in [2.24, 2.45) is 0 Å². The maximum Gasteiger partial charge on any atom is 0.317 e. The lowest BCUT2D eigenvalue weighted by Gasteiger charge is -2.33. The molecule has 3 fully saturated rings. The Bertz CT molecular complexity index is 610. The number of ether oxygens (including phenoxy) is 2. The summed E-state index contributed by atoms with van der Waals surface area (Å²) in [5, 5.41) is 3.20. The second kappa shape index (κ2) is 8.57. The first-order valence-electron chi connectivity index (χ1n) is 10.4. The van der Waals surface area contributed by atoms with Gasteiger partial charge in [-0.3, -0.25) is 4.98 Å². The van der Waals surface area contributed by atoms with E-state index >= 15 is 0 Å². The Hall–Kier alpha value is -1.66. The molecule has 148 valence electrons. The van der Waals surface area contributed by atoms with Crippen molar-refractivity contribution in [1.29, 1.82) is 0 Å². The van der Waals surface area contributed by atoms with E-state index < -0.39 is 0 Å². The zero-order valence-corrected chi connectivity index (χ0v) is 16.1. The Morgan fingerprint density at radius 2 is 2.07 bits per heavy atom. The highest BCUT2D eigenvalue weighted by molar-refractivity contribution is 5.74. The minimum absolute atomic E-state index is 0.0442. The maximum absolute atomic E-state index is 12.6. The van der Waals surface area contributed by atoms with Gasteiger partial charge in [0.15, 0.2) is 0 Å². The van der Waals surface area contributed by atoms with E-state index in [2.05, 4.69) is 10.3 Å². The van der Waals surface area contributed by atoms with Crippen LogP contribution in [0.1, 0.15) is 57.1 Å². The molecule has 1 saturated carbocycles. The van der Waals surface area contributed by atoms with E-state index in [9.17, 15) is 4.79 Å². The number of hydrogen-bond acceptors (Lipinski definition) is 4. The molecule has 4 rings (SSSR count). The normalized spacial score (nSPS) is 25.6. The second-order valence-corrected chi connectivity index (χ2v) is 8.22. The summed E-state index contributed by atoms with van der Waals surface area (Å²) in [5.74, 6) is 0. The number of nitrogens with zero attached hydrogens (tertiary/aromatic N) is 2. The van der Waals surface area contributed by atoms with E-state index in [1.807, 2.05) is 23.1 Å². The van der Waals surface area contributed by atoms with Crippen LogP contribution in [0.5, 0.6) is 0 Å². The van der Waals surface area contributed by atoms with Crippen LogP contribution in [0.4, 0.5) is 4.79 Å². The third kappa shape index (κ3) is 4.79. The van der Waals surface area contributed by atoms with E-state index in [0.29, 0.717) is 13.2 Å². The van der Waals surface area contributed by atoms with E-state index in [-0.39, 0.29) is 23.8 Å². The topological polar surface area (TPSA) is 63.7 Å². The van der Waals surface area contributed by atoms with Gasteiger partial charge < -0.3 is 19.7 Å². The lowest BCUT2D eigenvalue weighted by Crippen LogP contribution is -2.49. The fourth-order valence-electron chi connectivity index (χ4n) is 4.66. The maximum atomic E-state index is 12.6. The minimum atomic E-state index is 0.0442. The molecule has 6 nitrogen and oxygen atoms in total.